The highest BCUT2D eigenvalue weighted by molar-refractivity contribution is 6.77. The van der Waals surface area contributed by atoms with Gasteiger partial charge in [0, 0.05) is 27.9 Å². The molecule has 6 heterocycles. The van der Waals surface area contributed by atoms with Crippen LogP contribution in [0.2, 0.25) is 0 Å². The Morgan fingerprint density at radius 2 is 1.00 bits per heavy atom. The van der Waals surface area contributed by atoms with Crippen molar-refractivity contribution in [3.8, 4) is 28.3 Å². The van der Waals surface area contributed by atoms with Crippen LogP contribution in [0.25, 0.3) is 27.7 Å². The van der Waals surface area contributed by atoms with E-state index in [1.54, 1.807) is 0 Å². The molecule has 8 aliphatic rings. The van der Waals surface area contributed by atoms with Crippen LogP contribution in [0, 0.1) is 11.3 Å². The van der Waals surface area contributed by atoms with Crippen LogP contribution in [0.3, 0.4) is 0 Å². The van der Waals surface area contributed by atoms with Crippen molar-refractivity contribution in [1.29, 1.82) is 5.26 Å². The predicted molar refractivity (Wildman–Crippen MR) is 340 cm³/mol. The number of ether oxygens (including phenoxy) is 4. The molecule has 0 atom stereocenters. The highest BCUT2D eigenvalue weighted by Gasteiger charge is 2.42. The highest BCUT2D eigenvalue weighted by Crippen LogP contribution is 2.54. The minimum absolute atomic E-state index is 0.152. The summed E-state index contributed by atoms with van der Waals surface area (Å²) in [7, 11) is 8.74. The van der Waals surface area contributed by atoms with Crippen LogP contribution in [0.4, 0.5) is 17.1 Å². The molecule has 12 heteroatoms. The summed E-state index contributed by atoms with van der Waals surface area (Å²) >= 11 is 0. The monoisotopic (exact) mass is 1100 g/mol. The third-order valence-corrected chi connectivity index (χ3v) is 18.3. The zero-order valence-electron chi connectivity index (χ0n) is 49.2. The maximum atomic E-state index is 12.0. The van der Waals surface area contributed by atoms with Crippen LogP contribution in [0.5, 0.6) is 0 Å². The Bertz CT molecular complexity index is 3820. The minimum Gasteiger partial charge on any atom is -0.487 e. The number of carbonyl (C=O) groups is 1. The van der Waals surface area contributed by atoms with E-state index in [0.717, 1.165) is 72.0 Å². The van der Waals surface area contributed by atoms with Crippen molar-refractivity contribution >= 4 is 57.6 Å². The fourth-order valence-corrected chi connectivity index (χ4v) is 14.0. The summed E-state index contributed by atoms with van der Waals surface area (Å²) in [5.41, 5.74) is 24.9. The summed E-state index contributed by atoms with van der Waals surface area (Å²) in [6.07, 6.45) is 17.4. The summed E-state index contributed by atoms with van der Waals surface area (Å²) in [5, 5.41) is 19.5. The van der Waals surface area contributed by atoms with Gasteiger partial charge in [0.2, 0.25) is 7.28 Å². The van der Waals surface area contributed by atoms with E-state index in [9.17, 15) is 15.2 Å². The molecule has 1 N–H and O–H groups in total. The Hall–Kier alpha value is -8.02. The lowest BCUT2D eigenvalue weighted by Gasteiger charge is -2.30. The van der Waals surface area contributed by atoms with Crippen molar-refractivity contribution in [3.63, 3.8) is 0 Å². The molecule has 4 radical (unpaired) electrons. The average molecular weight is 1100 g/mol. The number of rotatable bonds is 19. The van der Waals surface area contributed by atoms with E-state index in [-0.39, 0.29) is 10.8 Å². The molecule has 2 fully saturated rings. The fourth-order valence-electron chi connectivity index (χ4n) is 14.0. The van der Waals surface area contributed by atoms with Gasteiger partial charge in [0.1, 0.15) is 38.1 Å². The van der Waals surface area contributed by atoms with E-state index in [4.69, 9.17) is 18.9 Å². The first-order chi connectivity index (χ1) is 40.9. The first kappa shape index (κ1) is 55.2. The number of unbranched alkanes of at least 4 members (excludes halogenated alkanes) is 6. The second-order valence-electron chi connectivity index (χ2n) is 24.3. The van der Waals surface area contributed by atoms with E-state index in [2.05, 4.69) is 190 Å². The van der Waals surface area contributed by atoms with Crippen molar-refractivity contribution in [2.75, 3.05) is 31.3 Å². The number of fused-ring (bicyclic) bond motifs is 8. The van der Waals surface area contributed by atoms with Crippen LogP contribution in [-0.4, -0.2) is 66.6 Å². The SMILES string of the molecule is CCCCCCC1=C(C2=CC(CCCCCC)=C(c3ccc(N(c4ccc5c(c4)C(C)(C)c4ccccc4-5)c4ccc5c(c4)C(C)(C)c4ccccc4-5)cc3)[B]2)[B]C(C2=C3OCCOC3=C(C3=C4OCCOC4=C(/C=C(/C#N)C(=O)O)[B]3)[B]2)=C1. The van der Waals surface area contributed by atoms with Gasteiger partial charge in [-0.1, -0.05) is 198 Å². The predicted octanol–water partition coefficient (Wildman–Crippen LogP) is 15.8. The van der Waals surface area contributed by atoms with Gasteiger partial charge in [-0.15, -0.1) is 0 Å². The number of nitriles is 1. The summed E-state index contributed by atoms with van der Waals surface area (Å²) in [4.78, 5) is 14.5. The van der Waals surface area contributed by atoms with Crippen molar-refractivity contribution < 1.29 is 28.8 Å². The quantitative estimate of drug-likeness (QED) is 0.0378. The number of aliphatic carboxylic acids is 1. The topological polar surface area (TPSA) is 101 Å². The lowest BCUT2D eigenvalue weighted by Crippen LogP contribution is -2.18. The summed E-state index contributed by atoms with van der Waals surface area (Å²) in [6, 6.07) is 43.1. The van der Waals surface area contributed by atoms with E-state index >= 15 is 0 Å². The normalized spacial score (nSPS) is 18.4. The van der Waals surface area contributed by atoms with E-state index in [1.165, 1.54) is 109 Å². The molecule has 6 aliphatic heterocycles. The molecule has 2 saturated heterocycles. The van der Waals surface area contributed by atoms with E-state index in [1.807, 2.05) is 13.3 Å². The third-order valence-electron chi connectivity index (χ3n) is 18.3. The van der Waals surface area contributed by atoms with Gasteiger partial charge in [0.05, 0.1) is 0 Å². The number of allylic oxidation sites excluding steroid dienone is 12. The van der Waals surface area contributed by atoms with Gasteiger partial charge in [0.25, 0.3) is 0 Å². The highest BCUT2D eigenvalue weighted by atomic mass is 16.6. The molecule has 0 unspecified atom stereocenters. The molecular formula is C72H68B4N2O6. The molecule has 84 heavy (non-hydrogen) atoms. The summed E-state index contributed by atoms with van der Waals surface area (Å²) in [6.45, 7) is 15.4. The maximum Gasteiger partial charge on any atom is 0.346 e. The molecule has 0 aromatic heterocycles. The van der Waals surface area contributed by atoms with Crippen LogP contribution >= 0.6 is 0 Å². The molecule has 0 spiro atoms. The summed E-state index contributed by atoms with van der Waals surface area (Å²) in [5.74, 6) is 0.893. The standard InChI is InChI=1S/C72H68B4N2O6/c1-7-9-11-13-19-44-37-58(62-45(20-14-12-10-8-2)38-59(74-62)63-67-69(84-36-35-82-67)65(76-63)64-68-66(81-33-34-83-68)60(75-64)39-46(42-77)70(79)80)73-61(44)43-25-27-47(28-26-43)78(48-29-31-52-50-21-15-17-23-54(50)71(3,4)56(52)40-48)49-30-32-53-51-22-16-18-24-55(51)72(5,6)57(53)41-49/h15-18,21-32,37-41H,7-14,19-20,33-36H2,1-6H3,(H,79,80)/b46-39-. The number of carboxylic acid groups (broad SMARTS) is 1. The second kappa shape index (κ2) is 22.5. The average Bonchev–Trinajstić information content (AvgIpc) is 2.46. The second-order valence-corrected chi connectivity index (χ2v) is 24.3. The Kier molecular flexibility index (Phi) is 14.8. The Labute approximate surface area is 498 Å². The number of nitrogens with zero attached hydrogens (tertiary/aromatic N) is 2. The molecule has 13 rings (SSSR count). The molecule has 5 aromatic carbocycles. The number of hydrogen-bond acceptors (Lipinski definition) is 7. The van der Waals surface area contributed by atoms with Crippen molar-refractivity contribution in [1.82, 2.24) is 0 Å². The van der Waals surface area contributed by atoms with Gasteiger partial charge < -0.3 is 29.0 Å². The number of hydrogen-bond donors (Lipinski definition) is 1. The van der Waals surface area contributed by atoms with Crippen LogP contribution < -0.4 is 4.90 Å². The Balaban J connectivity index is 0.827. The molecule has 0 bridgehead atoms. The maximum absolute atomic E-state index is 12.0. The lowest BCUT2D eigenvalue weighted by atomic mass is 9.46. The molecule has 0 saturated carbocycles. The zero-order valence-corrected chi connectivity index (χ0v) is 49.2. The van der Waals surface area contributed by atoms with Crippen molar-refractivity contribution in [3.05, 3.63) is 233 Å². The molecule has 8 nitrogen and oxygen atoms in total. The molecule has 2 aliphatic carbocycles. The van der Waals surface area contributed by atoms with Gasteiger partial charge >= 0.3 is 5.97 Å². The van der Waals surface area contributed by atoms with Crippen LogP contribution in [-0.2, 0) is 34.6 Å². The van der Waals surface area contributed by atoms with E-state index in [0.29, 0.717) is 60.4 Å². The number of benzene rings is 5. The largest absolute Gasteiger partial charge is 0.487 e. The minimum atomic E-state index is -1.31. The zero-order chi connectivity index (χ0) is 57.9. The smallest absolute Gasteiger partial charge is 0.346 e. The molecule has 5 aromatic rings. The number of anilines is 3. The third kappa shape index (κ3) is 9.66. The Morgan fingerprint density at radius 1 is 0.536 bits per heavy atom. The fraction of sp³-hybridized carbons (Fsp3) is 0.306. The van der Waals surface area contributed by atoms with Crippen LogP contribution in [0.1, 0.15) is 134 Å². The first-order valence-electron chi connectivity index (χ1n) is 30.4. The molecular weight excluding hydrogens is 1030 g/mol. The van der Waals surface area contributed by atoms with E-state index < -0.39 is 11.5 Å². The lowest BCUT2D eigenvalue weighted by molar-refractivity contribution is -0.132. The molecule has 414 valence electrons. The van der Waals surface area contributed by atoms with Gasteiger partial charge in [0.15, 0.2) is 44.9 Å². The van der Waals surface area contributed by atoms with Gasteiger partial charge in [-0.25, -0.2) is 4.79 Å². The van der Waals surface area contributed by atoms with Crippen molar-refractivity contribution in [2.24, 2.45) is 0 Å². The Morgan fingerprint density at radius 3 is 1.55 bits per heavy atom. The van der Waals surface area contributed by atoms with Crippen LogP contribution in [0.15, 0.2) is 205 Å². The summed E-state index contributed by atoms with van der Waals surface area (Å²) < 4.78 is 25.3. The van der Waals surface area contributed by atoms with Crippen molar-refractivity contribution in [2.45, 2.75) is 117 Å². The van der Waals surface area contributed by atoms with Gasteiger partial charge in [-0.05, 0) is 140 Å². The van der Waals surface area contributed by atoms with Gasteiger partial charge in [-0.2, -0.15) is 5.26 Å². The van der Waals surface area contributed by atoms with Gasteiger partial charge in [-0.3, -0.25) is 0 Å². The number of carboxylic acids is 1. The molecule has 0 amide bonds. The first-order valence-corrected chi connectivity index (χ1v) is 30.4.